The number of hydrogen-bond donors (Lipinski definition) is 1. The van der Waals surface area contributed by atoms with E-state index in [9.17, 15) is 9.59 Å². The number of carbonyl (C=O) groups is 2. The second-order valence-corrected chi connectivity index (χ2v) is 7.42. The van der Waals surface area contributed by atoms with Crippen molar-refractivity contribution in [2.45, 2.75) is 58.7 Å². The second kappa shape index (κ2) is 10.9. The average molecular weight is 401 g/mol. The summed E-state index contributed by atoms with van der Waals surface area (Å²) in [6.45, 7) is 6.22. The number of amides is 2. The van der Waals surface area contributed by atoms with E-state index in [0.717, 1.165) is 17.5 Å². The van der Waals surface area contributed by atoms with Crippen LogP contribution in [0.4, 0.5) is 0 Å². The molecular formula is C23H29ClN2O2. The van der Waals surface area contributed by atoms with Crippen molar-refractivity contribution in [3.05, 3.63) is 70.7 Å². The number of carbonyl (C=O) groups excluding carboxylic acids is 2. The zero-order chi connectivity index (χ0) is 20.5. The van der Waals surface area contributed by atoms with Crippen molar-refractivity contribution in [2.75, 3.05) is 0 Å². The molecule has 2 aromatic carbocycles. The van der Waals surface area contributed by atoms with Crippen LogP contribution in [-0.4, -0.2) is 28.8 Å². The fourth-order valence-electron chi connectivity index (χ4n) is 3.04. The van der Waals surface area contributed by atoms with Gasteiger partial charge in [-0.05, 0) is 37.0 Å². The van der Waals surface area contributed by atoms with Crippen molar-refractivity contribution >= 4 is 23.4 Å². The third-order valence-electron chi connectivity index (χ3n) is 4.88. The lowest BCUT2D eigenvalue weighted by atomic mass is 10.1. The van der Waals surface area contributed by atoms with Crippen LogP contribution in [0.3, 0.4) is 0 Å². The first-order valence-electron chi connectivity index (χ1n) is 9.83. The molecule has 1 N–H and O–H groups in total. The van der Waals surface area contributed by atoms with E-state index in [4.69, 9.17) is 11.6 Å². The summed E-state index contributed by atoms with van der Waals surface area (Å²) in [5.74, 6) is -0.206. The molecule has 0 saturated heterocycles. The topological polar surface area (TPSA) is 49.4 Å². The molecule has 150 valence electrons. The van der Waals surface area contributed by atoms with Crippen LogP contribution in [0.15, 0.2) is 54.6 Å². The van der Waals surface area contributed by atoms with Crippen molar-refractivity contribution < 1.29 is 9.59 Å². The van der Waals surface area contributed by atoms with Gasteiger partial charge in [0.05, 0.1) is 6.42 Å². The van der Waals surface area contributed by atoms with Crippen LogP contribution in [-0.2, 0) is 22.6 Å². The Bertz CT molecular complexity index is 779. The van der Waals surface area contributed by atoms with E-state index in [1.54, 1.807) is 11.0 Å². The van der Waals surface area contributed by atoms with E-state index in [1.165, 1.54) is 0 Å². The lowest BCUT2D eigenvalue weighted by molar-refractivity contribution is -0.141. The molecule has 0 saturated carbocycles. The summed E-state index contributed by atoms with van der Waals surface area (Å²) in [5.41, 5.74) is 1.76. The van der Waals surface area contributed by atoms with Crippen LogP contribution < -0.4 is 5.32 Å². The number of halogens is 1. The lowest BCUT2D eigenvalue weighted by Gasteiger charge is -2.31. The Hall–Kier alpha value is -2.33. The summed E-state index contributed by atoms with van der Waals surface area (Å²) in [4.78, 5) is 27.7. The minimum absolute atomic E-state index is 0.0629. The largest absolute Gasteiger partial charge is 0.352 e. The summed E-state index contributed by atoms with van der Waals surface area (Å²) >= 11 is 6.33. The molecule has 4 nitrogen and oxygen atoms in total. The Morgan fingerprint density at radius 3 is 2.25 bits per heavy atom. The molecule has 0 aliphatic heterocycles. The number of nitrogens with one attached hydrogen (secondary N) is 1. The summed E-state index contributed by atoms with van der Waals surface area (Å²) in [6.07, 6.45) is 1.62. The molecule has 2 atom stereocenters. The number of benzene rings is 2. The first-order chi connectivity index (χ1) is 13.5. The highest BCUT2D eigenvalue weighted by Crippen LogP contribution is 2.20. The van der Waals surface area contributed by atoms with Gasteiger partial charge in [0.25, 0.3) is 0 Å². The van der Waals surface area contributed by atoms with Gasteiger partial charge in [0, 0.05) is 17.6 Å². The van der Waals surface area contributed by atoms with Gasteiger partial charge in [0.2, 0.25) is 11.8 Å². The highest BCUT2D eigenvalue weighted by Gasteiger charge is 2.29. The van der Waals surface area contributed by atoms with Crippen LogP contribution >= 0.6 is 11.6 Å². The number of rotatable bonds is 9. The van der Waals surface area contributed by atoms with E-state index in [-0.39, 0.29) is 24.3 Å². The van der Waals surface area contributed by atoms with Gasteiger partial charge in [-0.2, -0.15) is 0 Å². The van der Waals surface area contributed by atoms with Gasteiger partial charge >= 0.3 is 0 Å². The molecule has 5 heteroatoms. The molecule has 0 aliphatic rings. The molecule has 2 amide bonds. The fraction of sp³-hybridized carbons (Fsp3) is 0.391. The zero-order valence-electron chi connectivity index (χ0n) is 16.8. The maximum atomic E-state index is 13.2. The predicted octanol–water partition coefficient (Wildman–Crippen LogP) is 4.60. The highest BCUT2D eigenvalue weighted by atomic mass is 35.5. The quantitative estimate of drug-likeness (QED) is 0.668. The van der Waals surface area contributed by atoms with E-state index in [2.05, 4.69) is 5.32 Å². The Balaban J connectivity index is 2.29. The highest BCUT2D eigenvalue weighted by molar-refractivity contribution is 6.31. The molecule has 0 aliphatic carbocycles. The summed E-state index contributed by atoms with van der Waals surface area (Å²) in [6, 6.07) is 16.6. The third-order valence-corrected chi connectivity index (χ3v) is 5.25. The predicted molar refractivity (Wildman–Crippen MR) is 114 cm³/mol. The van der Waals surface area contributed by atoms with Crippen LogP contribution in [0.1, 0.15) is 44.7 Å². The van der Waals surface area contributed by atoms with Crippen molar-refractivity contribution in [3.8, 4) is 0 Å². The Morgan fingerprint density at radius 2 is 1.64 bits per heavy atom. The molecule has 0 radical (unpaired) electrons. The van der Waals surface area contributed by atoms with Gasteiger partial charge in [0.15, 0.2) is 0 Å². The molecular weight excluding hydrogens is 372 g/mol. The Labute approximate surface area is 172 Å². The van der Waals surface area contributed by atoms with Crippen molar-refractivity contribution in [1.82, 2.24) is 10.2 Å². The van der Waals surface area contributed by atoms with Gasteiger partial charge < -0.3 is 10.2 Å². The van der Waals surface area contributed by atoms with E-state index in [0.29, 0.717) is 18.0 Å². The number of hydrogen-bond acceptors (Lipinski definition) is 2. The molecule has 0 bridgehead atoms. The molecule has 0 spiro atoms. The van der Waals surface area contributed by atoms with Crippen molar-refractivity contribution in [1.29, 1.82) is 0 Å². The van der Waals surface area contributed by atoms with Crippen LogP contribution in [0, 0.1) is 0 Å². The third kappa shape index (κ3) is 6.10. The maximum Gasteiger partial charge on any atom is 0.243 e. The van der Waals surface area contributed by atoms with Crippen LogP contribution in [0.2, 0.25) is 5.02 Å². The van der Waals surface area contributed by atoms with Gasteiger partial charge in [-0.1, -0.05) is 74.0 Å². The normalized spacial score (nSPS) is 12.9. The first-order valence-corrected chi connectivity index (χ1v) is 10.2. The molecule has 0 unspecified atom stereocenters. The fourth-order valence-corrected chi connectivity index (χ4v) is 3.24. The van der Waals surface area contributed by atoms with Gasteiger partial charge in [0.1, 0.15) is 6.04 Å². The van der Waals surface area contributed by atoms with E-state index >= 15 is 0 Å². The first kappa shape index (κ1) is 22.0. The molecule has 0 aromatic heterocycles. The van der Waals surface area contributed by atoms with Crippen molar-refractivity contribution in [2.24, 2.45) is 0 Å². The zero-order valence-corrected chi connectivity index (χ0v) is 17.6. The van der Waals surface area contributed by atoms with E-state index < -0.39 is 6.04 Å². The van der Waals surface area contributed by atoms with Gasteiger partial charge in [-0.3, -0.25) is 9.59 Å². The minimum atomic E-state index is -0.540. The Kier molecular flexibility index (Phi) is 8.52. The monoisotopic (exact) mass is 400 g/mol. The minimum Gasteiger partial charge on any atom is -0.352 e. The average Bonchev–Trinajstić information content (AvgIpc) is 2.69. The van der Waals surface area contributed by atoms with Crippen LogP contribution in [0.5, 0.6) is 0 Å². The SMILES string of the molecule is CC[C@@H](C)NC(=O)[C@H](CC)N(Cc1ccccc1Cl)C(=O)Cc1ccccc1. The van der Waals surface area contributed by atoms with E-state index in [1.807, 2.05) is 69.3 Å². The maximum absolute atomic E-state index is 13.2. The smallest absolute Gasteiger partial charge is 0.243 e. The Morgan fingerprint density at radius 1 is 1.00 bits per heavy atom. The molecule has 2 aromatic rings. The number of nitrogens with zero attached hydrogens (tertiary/aromatic N) is 1. The summed E-state index contributed by atoms with van der Waals surface area (Å²) in [7, 11) is 0. The molecule has 2 rings (SSSR count). The van der Waals surface area contributed by atoms with Gasteiger partial charge in [-0.15, -0.1) is 0 Å². The summed E-state index contributed by atoms with van der Waals surface area (Å²) in [5, 5.41) is 3.61. The molecule has 0 heterocycles. The van der Waals surface area contributed by atoms with Crippen molar-refractivity contribution in [3.63, 3.8) is 0 Å². The second-order valence-electron chi connectivity index (χ2n) is 7.02. The van der Waals surface area contributed by atoms with Gasteiger partial charge in [-0.25, -0.2) is 0 Å². The summed E-state index contributed by atoms with van der Waals surface area (Å²) < 4.78 is 0. The lowest BCUT2D eigenvalue weighted by Crippen LogP contribution is -2.51. The molecule has 28 heavy (non-hydrogen) atoms. The van der Waals surface area contributed by atoms with Crippen LogP contribution in [0.25, 0.3) is 0 Å². The standard InChI is InChI=1S/C23H29ClN2O2/c1-4-17(3)25-23(28)21(5-2)26(16-19-13-9-10-14-20(19)24)22(27)15-18-11-7-6-8-12-18/h6-14,17,21H,4-5,15-16H2,1-3H3,(H,25,28)/t17-,21+/m1/s1. The molecule has 0 fully saturated rings.